The molecule has 0 aliphatic heterocycles. The summed E-state index contributed by atoms with van der Waals surface area (Å²) in [5.41, 5.74) is 0. The number of rotatable bonds is 0. The van der Waals surface area contributed by atoms with Crippen molar-refractivity contribution in [2.75, 3.05) is 0 Å². The van der Waals surface area contributed by atoms with E-state index < -0.39 is 29.4 Å². The predicted molar refractivity (Wildman–Crippen MR) is 39.7 cm³/mol. The zero-order valence-electron chi connectivity index (χ0n) is 7.18. The minimum atomic E-state index is -3.52. The fourth-order valence-corrected chi connectivity index (χ4v) is 4.47. The lowest BCUT2D eigenvalue weighted by Crippen LogP contribution is -2.37. The Hall–Kier alpha value is -0.540. The monoisotopic (exact) mass is 204 g/mol. The summed E-state index contributed by atoms with van der Waals surface area (Å²) in [6, 6.07) is 0. The highest BCUT2D eigenvalue weighted by Crippen LogP contribution is 2.82. The molecule has 4 fully saturated rings. The van der Waals surface area contributed by atoms with Crippen LogP contribution < -0.4 is 0 Å². The van der Waals surface area contributed by atoms with Gasteiger partial charge in [-0.15, -0.1) is 0 Å². The van der Waals surface area contributed by atoms with E-state index in [1.54, 1.807) is 0 Å². The van der Waals surface area contributed by atoms with Gasteiger partial charge in [0.05, 0.1) is 0 Å². The van der Waals surface area contributed by atoms with Gasteiger partial charge in [0.2, 0.25) is 5.83 Å². The number of allylic oxidation sites excluding steroid dienone is 2. The van der Waals surface area contributed by atoms with Gasteiger partial charge in [-0.25, -0.2) is 8.78 Å². The molecule has 5 aliphatic rings. The molecule has 0 N–H and O–H groups in total. The molecule has 0 heterocycles. The third-order valence-corrected chi connectivity index (χ3v) is 4.80. The fraction of sp³-hybridized carbons (Fsp3) is 0.800. The molecule has 6 bridgehead atoms. The summed E-state index contributed by atoms with van der Waals surface area (Å²) in [4.78, 5) is 0. The van der Waals surface area contributed by atoms with Gasteiger partial charge >= 0.3 is 5.92 Å². The van der Waals surface area contributed by atoms with Crippen LogP contribution in [0.25, 0.3) is 0 Å². The van der Waals surface area contributed by atoms with Gasteiger partial charge in [-0.2, -0.15) is 8.78 Å². The molecule has 76 valence electrons. The van der Waals surface area contributed by atoms with Crippen molar-refractivity contribution in [2.24, 2.45) is 35.5 Å². The third-order valence-electron chi connectivity index (χ3n) is 4.80. The van der Waals surface area contributed by atoms with Crippen LogP contribution in [0.15, 0.2) is 11.7 Å². The molecule has 0 radical (unpaired) electrons. The molecule has 0 aromatic rings. The second-order valence-electron chi connectivity index (χ2n) is 5.05. The molecule has 14 heavy (non-hydrogen) atoms. The molecule has 6 atom stereocenters. The van der Waals surface area contributed by atoms with E-state index in [0.717, 1.165) is 0 Å². The van der Waals surface area contributed by atoms with Crippen LogP contribution in [0, 0.1) is 35.5 Å². The first-order valence-electron chi connectivity index (χ1n) is 4.98. The Bertz CT molecular complexity index is 372. The van der Waals surface area contributed by atoms with Crippen LogP contribution in [-0.4, -0.2) is 5.92 Å². The molecule has 4 heteroatoms. The average Bonchev–Trinajstić information content (AvgIpc) is 2.55. The quantitative estimate of drug-likeness (QED) is 0.532. The summed E-state index contributed by atoms with van der Waals surface area (Å²) >= 11 is 0. The molecule has 0 aromatic heterocycles. The highest BCUT2D eigenvalue weighted by molar-refractivity contribution is 5.36. The Balaban J connectivity index is 1.96. The van der Waals surface area contributed by atoms with Gasteiger partial charge in [0.15, 0.2) is 0 Å². The minimum Gasteiger partial charge on any atom is -0.208 e. The molecule has 0 saturated heterocycles. The lowest BCUT2D eigenvalue weighted by atomic mass is 9.80. The summed E-state index contributed by atoms with van der Waals surface area (Å²) in [6.45, 7) is 0. The first-order chi connectivity index (χ1) is 6.55. The molecular weight excluding hydrogens is 196 g/mol. The molecule has 0 amide bonds. The van der Waals surface area contributed by atoms with Crippen molar-refractivity contribution in [1.29, 1.82) is 0 Å². The maximum absolute atomic E-state index is 13.4. The Morgan fingerprint density at radius 2 is 1.79 bits per heavy atom. The maximum atomic E-state index is 13.4. The molecular formula is C10H8F4. The molecule has 6 unspecified atom stereocenters. The van der Waals surface area contributed by atoms with Crippen LogP contribution in [0.1, 0.15) is 6.42 Å². The van der Waals surface area contributed by atoms with E-state index in [4.69, 9.17) is 0 Å². The van der Waals surface area contributed by atoms with E-state index >= 15 is 0 Å². The Kier molecular flexibility index (Phi) is 0.972. The van der Waals surface area contributed by atoms with E-state index in [1.165, 1.54) is 0 Å². The Morgan fingerprint density at radius 1 is 1.07 bits per heavy atom. The molecule has 0 aromatic carbocycles. The Labute approximate surface area is 78.0 Å². The number of alkyl halides is 2. The molecule has 5 aliphatic carbocycles. The Morgan fingerprint density at radius 3 is 2.43 bits per heavy atom. The maximum Gasteiger partial charge on any atom is 0.304 e. The van der Waals surface area contributed by atoms with Crippen molar-refractivity contribution >= 4 is 0 Å². The predicted octanol–water partition coefficient (Wildman–Crippen LogP) is 2.91. The molecule has 5 rings (SSSR count). The van der Waals surface area contributed by atoms with Gasteiger partial charge in [-0.3, -0.25) is 0 Å². The minimum absolute atomic E-state index is 0.0455. The number of halogens is 4. The smallest absolute Gasteiger partial charge is 0.208 e. The van der Waals surface area contributed by atoms with E-state index in [9.17, 15) is 17.6 Å². The second-order valence-corrected chi connectivity index (χ2v) is 5.05. The first kappa shape index (κ1) is 7.71. The van der Waals surface area contributed by atoms with Crippen LogP contribution in [0.2, 0.25) is 0 Å². The van der Waals surface area contributed by atoms with Gasteiger partial charge in [0.25, 0.3) is 0 Å². The van der Waals surface area contributed by atoms with Crippen LogP contribution in [0.5, 0.6) is 0 Å². The standard InChI is InChI=1S/C10H8F4/c11-8-6-3-1-2-4(6)5(2)7(3)10(13,14)9(8)12/h2-7H,1H2. The fourth-order valence-electron chi connectivity index (χ4n) is 4.47. The van der Waals surface area contributed by atoms with E-state index in [-0.39, 0.29) is 23.7 Å². The highest BCUT2D eigenvalue weighted by Gasteiger charge is 2.82. The average molecular weight is 204 g/mol. The summed E-state index contributed by atoms with van der Waals surface area (Å²) in [6.07, 6.45) is 0.695. The number of hydrogen-bond donors (Lipinski definition) is 0. The van der Waals surface area contributed by atoms with Crippen LogP contribution in [0.3, 0.4) is 0 Å². The highest BCUT2D eigenvalue weighted by atomic mass is 19.3. The van der Waals surface area contributed by atoms with Crippen molar-refractivity contribution in [1.82, 2.24) is 0 Å². The van der Waals surface area contributed by atoms with Crippen LogP contribution >= 0.6 is 0 Å². The van der Waals surface area contributed by atoms with Crippen LogP contribution in [0.4, 0.5) is 17.6 Å². The third kappa shape index (κ3) is 0.513. The van der Waals surface area contributed by atoms with E-state index in [2.05, 4.69) is 0 Å². The normalized spacial score (nSPS) is 60.9. The topological polar surface area (TPSA) is 0 Å². The zero-order valence-corrected chi connectivity index (χ0v) is 7.18. The summed E-state index contributed by atoms with van der Waals surface area (Å²) in [7, 11) is 0. The second kappa shape index (κ2) is 1.76. The van der Waals surface area contributed by atoms with Crippen molar-refractivity contribution in [2.45, 2.75) is 12.3 Å². The van der Waals surface area contributed by atoms with E-state index in [1.807, 2.05) is 0 Å². The van der Waals surface area contributed by atoms with Gasteiger partial charge in [0, 0.05) is 11.8 Å². The number of hydrogen-bond acceptors (Lipinski definition) is 0. The largest absolute Gasteiger partial charge is 0.304 e. The molecule has 0 spiro atoms. The van der Waals surface area contributed by atoms with Gasteiger partial charge in [-0.1, -0.05) is 0 Å². The summed E-state index contributed by atoms with van der Waals surface area (Å²) < 4.78 is 53.2. The lowest BCUT2D eigenvalue weighted by molar-refractivity contribution is -0.0715. The van der Waals surface area contributed by atoms with Gasteiger partial charge in [-0.05, 0) is 30.1 Å². The van der Waals surface area contributed by atoms with Crippen molar-refractivity contribution in [3.8, 4) is 0 Å². The van der Waals surface area contributed by atoms with Crippen molar-refractivity contribution in [3.63, 3.8) is 0 Å². The molecule has 0 nitrogen and oxygen atoms in total. The summed E-state index contributed by atoms with van der Waals surface area (Å²) in [5, 5.41) is 0. The van der Waals surface area contributed by atoms with Gasteiger partial charge in [0.1, 0.15) is 5.83 Å². The SMILES string of the molecule is FC1=C(F)C(F)(F)C2C3CC4C(C13)C42. The van der Waals surface area contributed by atoms with E-state index in [0.29, 0.717) is 6.42 Å². The summed E-state index contributed by atoms with van der Waals surface area (Å²) in [5.74, 6) is -7.83. The van der Waals surface area contributed by atoms with Crippen molar-refractivity contribution < 1.29 is 17.6 Å². The first-order valence-corrected chi connectivity index (χ1v) is 4.98. The lowest BCUT2D eigenvalue weighted by Gasteiger charge is -2.31. The van der Waals surface area contributed by atoms with Gasteiger partial charge < -0.3 is 0 Å². The van der Waals surface area contributed by atoms with Crippen LogP contribution in [-0.2, 0) is 0 Å². The zero-order chi connectivity index (χ0) is 9.83. The molecule has 4 saturated carbocycles. The van der Waals surface area contributed by atoms with Crippen molar-refractivity contribution in [3.05, 3.63) is 11.7 Å².